The molecule has 0 fully saturated rings. The number of anilines is 8. The van der Waals surface area contributed by atoms with Gasteiger partial charge in [0.2, 0.25) is 0 Å². The summed E-state index contributed by atoms with van der Waals surface area (Å²) in [6.45, 7) is 17.1. The number of aryl methyl sites for hydroxylation is 2. The van der Waals surface area contributed by atoms with Crippen LogP contribution in [0.4, 0.5) is 45.5 Å². The second kappa shape index (κ2) is 11.4. The maximum absolute atomic E-state index is 6.00. The fourth-order valence-electron chi connectivity index (χ4n) is 4.36. The van der Waals surface area contributed by atoms with Gasteiger partial charge >= 0.3 is 0 Å². The van der Waals surface area contributed by atoms with Gasteiger partial charge in [-0.25, -0.2) is 0 Å². The van der Waals surface area contributed by atoms with Gasteiger partial charge in [-0.1, -0.05) is 12.1 Å². The lowest BCUT2D eigenvalue weighted by atomic mass is 9.97. The van der Waals surface area contributed by atoms with Crippen molar-refractivity contribution in [3.63, 3.8) is 0 Å². The number of hydrogen-bond donors (Lipinski definition) is 6. The Morgan fingerprint density at radius 3 is 1.11 bits per heavy atom. The molecule has 6 nitrogen and oxygen atoms in total. The molecule has 0 saturated carbocycles. The van der Waals surface area contributed by atoms with Crippen LogP contribution in [-0.2, 0) is 0 Å². The van der Waals surface area contributed by atoms with Gasteiger partial charge in [-0.15, -0.1) is 0 Å². The van der Waals surface area contributed by atoms with Crippen LogP contribution in [0.25, 0.3) is 0 Å². The van der Waals surface area contributed by atoms with Crippen molar-refractivity contribution in [1.29, 1.82) is 0 Å². The SMILES string of the molecule is Cc1cc(Nc2cccc(N)c2N)c(C)c(C)c1C.Cc1cc(Nc2cccc(N)c2N)c(C)c(C)c1C. The summed E-state index contributed by atoms with van der Waals surface area (Å²) >= 11 is 0. The molecule has 6 heteroatoms. The molecule has 0 atom stereocenters. The summed E-state index contributed by atoms with van der Waals surface area (Å²) in [5, 5.41) is 6.77. The normalized spacial score (nSPS) is 10.5. The van der Waals surface area contributed by atoms with Crippen LogP contribution in [0.3, 0.4) is 0 Å². The minimum Gasteiger partial charge on any atom is -0.397 e. The molecule has 0 bridgehead atoms. The van der Waals surface area contributed by atoms with Crippen LogP contribution in [0.5, 0.6) is 0 Å². The third-order valence-corrected chi connectivity index (χ3v) is 7.78. The van der Waals surface area contributed by atoms with Crippen LogP contribution in [0.15, 0.2) is 48.5 Å². The van der Waals surface area contributed by atoms with Crippen LogP contribution >= 0.6 is 0 Å². The summed E-state index contributed by atoms with van der Waals surface area (Å²) < 4.78 is 0. The summed E-state index contributed by atoms with van der Waals surface area (Å²) in [5.74, 6) is 0. The molecule has 0 heterocycles. The first-order valence-electron chi connectivity index (χ1n) is 12.8. The highest BCUT2D eigenvalue weighted by molar-refractivity contribution is 5.84. The van der Waals surface area contributed by atoms with Crippen molar-refractivity contribution in [3.8, 4) is 0 Å². The highest BCUT2D eigenvalue weighted by atomic mass is 14.9. The average Bonchev–Trinajstić information content (AvgIpc) is 2.88. The van der Waals surface area contributed by atoms with Crippen molar-refractivity contribution in [2.24, 2.45) is 0 Å². The topological polar surface area (TPSA) is 128 Å². The predicted molar refractivity (Wildman–Crippen MR) is 168 cm³/mol. The van der Waals surface area contributed by atoms with Gasteiger partial charge in [0.15, 0.2) is 0 Å². The summed E-state index contributed by atoms with van der Waals surface area (Å²) in [6, 6.07) is 15.6. The Morgan fingerprint density at radius 2 is 0.763 bits per heavy atom. The van der Waals surface area contributed by atoms with Gasteiger partial charge < -0.3 is 33.6 Å². The van der Waals surface area contributed by atoms with Crippen LogP contribution in [0.1, 0.15) is 44.5 Å². The van der Waals surface area contributed by atoms with Crippen molar-refractivity contribution < 1.29 is 0 Å². The fraction of sp³-hybridized carbons (Fsp3) is 0.250. The standard InChI is InChI=1S/2C16H21N3/c2*1-9-8-15(12(4)11(3)10(9)2)19-14-7-5-6-13(17)16(14)18/h2*5-8,19H,17-18H2,1-4H3. The smallest absolute Gasteiger partial charge is 0.0786 e. The molecule has 0 aliphatic rings. The number of benzene rings is 4. The van der Waals surface area contributed by atoms with Gasteiger partial charge in [0.1, 0.15) is 0 Å². The molecule has 4 rings (SSSR count). The van der Waals surface area contributed by atoms with E-state index in [2.05, 4.69) is 78.2 Å². The van der Waals surface area contributed by atoms with E-state index in [1.165, 1.54) is 44.5 Å². The van der Waals surface area contributed by atoms with Crippen molar-refractivity contribution in [2.45, 2.75) is 55.4 Å². The van der Waals surface area contributed by atoms with Gasteiger partial charge in [0, 0.05) is 11.4 Å². The summed E-state index contributed by atoms with van der Waals surface area (Å²) in [4.78, 5) is 0. The molecule has 200 valence electrons. The fourth-order valence-corrected chi connectivity index (χ4v) is 4.36. The third kappa shape index (κ3) is 5.80. The summed E-state index contributed by atoms with van der Waals surface area (Å²) in [5.41, 5.74) is 40.2. The molecule has 4 aromatic carbocycles. The second-order valence-corrected chi connectivity index (χ2v) is 10.1. The Morgan fingerprint density at radius 1 is 0.421 bits per heavy atom. The lowest BCUT2D eigenvalue weighted by Crippen LogP contribution is -2.03. The Balaban J connectivity index is 0.000000211. The number of nitrogens with two attached hydrogens (primary N) is 4. The van der Waals surface area contributed by atoms with Crippen LogP contribution < -0.4 is 33.6 Å². The largest absolute Gasteiger partial charge is 0.397 e. The minimum absolute atomic E-state index is 0.595. The molecule has 0 saturated heterocycles. The Labute approximate surface area is 227 Å². The number of rotatable bonds is 4. The Bertz CT molecular complexity index is 1370. The molecule has 38 heavy (non-hydrogen) atoms. The molecule has 4 aromatic rings. The number of nitrogen functional groups attached to an aromatic ring is 4. The van der Waals surface area contributed by atoms with Crippen molar-refractivity contribution >= 4 is 45.5 Å². The van der Waals surface area contributed by atoms with Crippen molar-refractivity contribution in [3.05, 3.63) is 93.0 Å². The van der Waals surface area contributed by atoms with Gasteiger partial charge in [-0.2, -0.15) is 0 Å². The third-order valence-electron chi connectivity index (χ3n) is 7.78. The molecule has 0 spiro atoms. The van der Waals surface area contributed by atoms with Gasteiger partial charge in [-0.05, 0) is 136 Å². The molecule has 0 radical (unpaired) electrons. The van der Waals surface area contributed by atoms with Gasteiger partial charge in [0.25, 0.3) is 0 Å². The zero-order valence-electron chi connectivity index (χ0n) is 23.9. The molecule has 0 aliphatic heterocycles. The van der Waals surface area contributed by atoms with E-state index in [0.29, 0.717) is 22.7 Å². The van der Waals surface area contributed by atoms with Gasteiger partial charge in [0.05, 0.1) is 34.1 Å². The predicted octanol–water partition coefficient (Wildman–Crippen LogP) is 7.66. The van der Waals surface area contributed by atoms with Crippen molar-refractivity contribution in [2.75, 3.05) is 33.6 Å². The van der Waals surface area contributed by atoms with E-state index in [0.717, 1.165) is 22.7 Å². The molecule has 0 amide bonds. The lowest BCUT2D eigenvalue weighted by Gasteiger charge is -2.17. The lowest BCUT2D eigenvalue weighted by molar-refractivity contribution is 1.21. The molecular weight excluding hydrogens is 468 g/mol. The zero-order valence-corrected chi connectivity index (χ0v) is 23.9. The Hall–Kier alpha value is -4.32. The highest BCUT2D eigenvalue weighted by Gasteiger charge is 2.10. The Kier molecular flexibility index (Phi) is 8.46. The molecular formula is C32H42N6. The van der Waals surface area contributed by atoms with E-state index in [-0.39, 0.29) is 0 Å². The van der Waals surface area contributed by atoms with E-state index < -0.39 is 0 Å². The quantitative estimate of drug-likeness (QED) is 0.156. The first-order valence-corrected chi connectivity index (χ1v) is 12.8. The maximum Gasteiger partial charge on any atom is 0.0786 e. The van der Waals surface area contributed by atoms with Crippen LogP contribution in [0.2, 0.25) is 0 Å². The highest BCUT2D eigenvalue weighted by Crippen LogP contribution is 2.33. The molecule has 0 unspecified atom stereocenters. The van der Waals surface area contributed by atoms with Gasteiger partial charge in [-0.3, -0.25) is 0 Å². The summed E-state index contributed by atoms with van der Waals surface area (Å²) in [7, 11) is 0. The van der Waals surface area contributed by atoms with Crippen LogP contribution in [-0.4, -0.2) is 0 Å². The van der Waals surface area contributed by atoms with E-state index in [1.807, 2.05) is 24.3 Å². The van der Waals surface area contributed by atoms with E-state index >= 15 is 0 Å². The average molecular weight is 511 g/mol. The molecule has 10 N–H and O–H groups in total. The van der Waals surface area contributed by atoms with Crippen molar-refractivity contribution in [1.82, 2.24) is 0 Å². The minimum atomic E-state index is 0.595. The van der Waals surface area contributed by atoms with Crippen LogP contribution in [0, 0.1) is 55.4 Å². The first kappa shape index (κ1) is 28.3. The molecule has 0 aromatic heterocycles. The van der Waals surface area contributed by atoms with E-state index in [9.17, 15) is 0 Å². The molecule has 0 aliphatic carbocycles. The number of hydrogen-bond acceptors (Lipinski definition) is 6. The number of para-hydroxylation sites is 2. The monoisotopic (exact) mass is 510 g/mol. The maximum atomic E-state index is 6.00. The van der Waals surface area contributed by atoms with E-state index in [4.69, 9.17) is 22.9 Å². The second-order valence-electron chi connectivity index (χ2n) is 10.1. The zero-order chi connectivity index (χ0) is 28.3. The summed E-state index contributed by atoms with van der Waals surface area (Å²) in [6.07, 6.45) is 0. The number of nitrogens with one attached hydrogen (secondary N) is 2. The first-order chi connectivity index (χ1) is 17.8. The van der Waals surface area contributed by atoms with E-state index in [1.54, 1.807) is 12.1 Å².